The van der Waals surface area contributed by atoms with Crippen molar-refractivity contribution in [2.45, 2.75) is 32.6 Å². The van der Waals surface area contributed by atoms with E-state index in [0.29, 0.717) is 0 Å². The molecule has 1 saturated heterocycles. The molecule has 5 heteroatoms. The van der Waals surface area contributed by atoms with Crippen LogP contribution in [0, 0.1) is 0 Å². The Bertz CT molecular complexity index is 1020. The van der Waals surface area contributed by atoms with Crippen LogP contribution in [0.1, 0.15) is 35.2 Å². The first-order valence-corrected chi connectivity index (χ1v) is 11.6. The highest BCUT2D eigenvalue weighted by atomic mass is 32.1. The number of hydrogen-bond donors (Lipinski definition) is 0. The fourth-order valence-electron chi connectivity index (χ4n) is 4.45. The van der Waals surface area contributed by atoms with Crippen LogP contribution in [0.5, 0.6) is 0 Å². The first-order chi connectivity index (χ1) is 14.3. The average molecular weight is 405 g/mol. The summed E-state index contributed by atoms with van der Waals surface area (Å²) in [6.07, 6.45) is 9.11. The molecule has 3 heterocycles. The minimum Gasteiger partial charge on any atom is -0.353 e. The third-order valence-corrected chi connectivity index (χ3v) is 7.24. The minimum atomic E-state index is 0.899. The Labute approximate surface area is 176 Å². The average Bonchev–Trinajstić information content (AvgIpc) is 3.35. The minimum absolute atomic E-state index is 0.899. The molecule has 0 atom stereocenters. The number of aryl methyl sites for hydroxylation is 3. The van der Waals surface area contributed by atoms with Gasteiger partial charge in [0.05, 0.1) is 5.39 Å². The molecule has 1 aliphatic carbocycles. The van der Waals surface area contributed by atoms with E-state index in [1.165, 1.54) is 46.4 Å². The molecule has 0 N–H and O–H groups in total. The van der Waals surface area contributed by atoms with Crippen LogP contribution in [0.3, 0.4) is 0 Å². The van der Waals surface area contributed by atoms with Crippen LogP contribution in [0.15, 0.2) is 36.4 Å². The summed E-state index contributed by atoms with van der Waals surface area (Å²) in [6.45, 7) is 7.41. The van der Waals surface area contributed by atoms with Gasteiger partial charge in [-0.15, -0.1) is 11.3 Å². The highest BCUT2D eigenvalue weighted by Crippen LogP contribution is 2.40. The fourth-order valence-corrected chi connectivity index (χ4v) is 5.73. The van der Waals surface area contributed by atoms with Gasteiger partial charge < -0.3 is 4.90 Å². The molecule has 0 saturated carbocycles. The van der Waals surface area contributed by atoms with Crippen LogP contribution >= 0.6 is 11.3 Å². The quantitative estimate of drug-likeness (QED) is 0.623. The lowest BCUT2D eigenvalue weighted by Crippen LogP contribution is -2.46. The highest BCUT2D eigenvalue weighted by Gasteiger charge is 2.26. The van der Waals surface area contributed by atoms with Gasteiger partial charge in [-0.05, 0) is 30.4 Å². The van der Waals surface area contributed by atoms with E-state index >= 15 is 0 Å². The van der Waals surface area contributed by atoms with Gasteiger partial charge in [-0.3, -0.25) is 4.90 Å². The number of fused-ring (bicyclic) bond motifs is 3. The molecule has 2 aliphatic rings. The predicted octanol–water partition coefficient (Wildman–Crippen LogP) is 4.58. The van der Waals surface area contributed by atoms with E-state index in [-0.39, 0.29) is 0 Å². The molecule has 1 aliphatic heterocycles. The number of anilines is 1. The Morgan fingerprint density at radius 2 is 1.86 bits per heavy atom. The van der Waals surface area contributed by atoms with E-state index < -0.39 is 0 Å². The SMILES string of the molecule is CCc1nc(N2CCN(C/C=C/c3ccccc3)CC2)c2c3c(sc2n1)CCC3. The van der Waals surface area contributed by atoms with Crippen LogP contribution in [0.25, 0.3) is 16.3 Å². The van der Waals surface area contributed by atoms with Gasteiger partial charge in [0, 0.05) is 44.0 Å². The monoisotopic (exact) mass is 404 g/mol. The molecule has 5 rings (SSSR count). The molecule has 4 nitrogen and oxygen atoms in total. The second-order valence-corrected chi connectivity index (χ2v) is 9.04. The Kier molecular flexibility index (Phi) is 5.34. The molecular weight excluding hydrogens is 376 g/mol. The lowest BCUT2D eigenvalue weighted by atomic mass is 10.1. The molecule has 1 fully saturated rings. The molecule has 0 bridgehead atoms. The van der Waals surface area contributed by atoms with Crippen molar-refractivity contribution in [2.24, 2.45) is 0 Å². The van der Waals surface area contributed by atoms with Gasteiger partial charge in [-0.1, -0.05) is 49.4 Å². The van der Waals surface area contributed by atoms with Crippen LogP contribution in [-0.4, -0.2) is 47.6 Å². The lowest BCUT2D eigenvalue weighted by Gasteiger charge is -2.35. The van der Waals surface area contributed by atoms with Gasteiger partial charge in [0.2, 0.25) is 0 Å². The van der Waals surface area contributed by atoms with Crippen molar-refractivity contribution in [1.29, 1.82) is 0 Å². The smallest absolute Gasteiger partial charge is 0.141 e. The van der Waals surface area contributed by atoms with Gasteiger partial charge in [-0.2, -0.15) is 0 Å². The van der Waals surface area contributed by atoms with Crippen LogP contribution in [0.4, 0.5) is 5.82 Å². The Morgan fingerprint density at radius 1 is 1.03 bits per heavy atom. The zero-order chi connectivity index (χ0) is 19.6. The molecule has 1 aromatic carbocycles. The normalized spacial score (nSPS) is 17.5. The maximum atomic E-state index is 5.01. The van der Waals surface area contributed by atoms with Crippen molar-refractivity contribution in [3.63, 3.8) is 0 Å². The molecule has 29 heavy (non-hydrogen) atoms. The largest absolute Gasteiger partial charge is 0.353 e. The predicted molar refractivity (Wildman–Crippen MR) is 123 cm³/mol. The van der Waals surface area contributed by atoms with Crippen molar-refractivity contribution in [2.75, 3.05) is 37.6 Å². The summed E-state index contributed by atoms with van der Waals surface area (Å²) in [6, 6.07) is 10.5. The maximum Gasteiger partial charge on any atom is 0.141 e. The maximum absolute atomic E-state index is 5.01. The molecule has 0 amide bonds. The molecule has 0 spiro atoms. The molecule has 0 radical (unpaired) electrons. The molecule has 2 aromatic heterocycles. The topological polar surface area (TPSA) is 32.3 Å². The molecular formula is C24H28N4S. The third kappa shape index (κ3) is 3.81. The van der Waals surface area contributed by atoms with Crippen molar-refractivity contribution in [3.05, 3.63) is 58.2 Å². The highest BCUT2D eigenvalue weighted by molar-refractivity contribution is 7.19. The summed E-state index contributed by atoms with van der Waals surface area (Å²) >= 11 is 1.91. The summed E-state index contributed by atoms with van der Waals surface area (Å²) in [7, 11) is 0. The number of thiophene rings is 1. The first-order valence-electron chi connectivity index (χ1n) is 10.8. The second-order valence-electron chi connectivity index (χ2n) is 7.96. The van der Waals surface area contributed by atoms with E-state index in [9.17, 15) is 0 Å². The van der Waals surface area contributed by atoms with E-state index in [2.05, 4.69) is 59.2 Å². The molecule has 0 unspecified atom stereocenters. The van der Waals surface area contributed by atoms with Gasteiger partial charge in [0.1, 0.15) is 16.5 Å². The molecule has 150 valence electrons. The lowest BCUT2D eigenvalue weighted by molar-refractivity contribution is 0.284. The summed E-state index contributed by atoms with van der Waals surface area (Å²) in [5.74, 6) is 2.19. The van der Waals surface area contributed by atoms with Crippen molar-refractivity contribution < 1.29 is 0 Å². The van der Waals surface area contributed by atoms with Crippen LogP contribution in [-0.2, 0) is 19.3 Å². The summed E-state index contributed by atoms with van der Waals surface area (Å²) in [5, 5.41) is 1.36. The zero-order valence-corrected chi connectivity index (χ0v) is 17.9. The number of hydrogen-bond acceptors (Lipinski definition) is 5. The summed E-state index contributed by atoms with van der Waals surface area (Å²) < 4.78 is 0. The number of piperazine rings is 1. The second kappa shape index (κ2) is 8.25. The molecule has 3 aromatic rings. The number of aromatic nitrogens is 2. The first kappa shape index (κ1) is 18.8. The Hall–Kier alpha value is -2.24. The van der Waals surface area contributed by atoms with E-state index in [1.807, 2.05) is 11.3 Å². The standard InChI is InChI=1S/C24H28N4S/c1-2-21-25-23(22-19-11-6-12-20(19)29-24(22)26-21)28-16-14-27(15-17-28)13-7-10-18-8-4-3-5-9-18/h3-5,7-10H,2,6,11-17H2,1H3/b10-7+. The van der Waals surface area contributed by atoms with Crippen molar-refractivity contribution >= 4 is 33.4 Å². The third-order valence-electron chi connectivity index (χ3n) is 6.05. The van der Waals surface area contributed by atoms with E-state index in [4.69, 9.17) is 9.97 Å². The summed E-state index contributed by atoms with van der Waals surface area (Å²) in [5.41, 5.74) is 2.81. The van der Waals surface area contributed by atoms with Gasteiger partial charge in [0.15, 0.2) is 0 Å². The van der Waals surface area contributed by atoms with Crippen molar-refractivity contribution in [3.8, 4) is 0 Å². The van der Waals surface area contributed by atoms with Gasteiger partial charge in [0.25, 0.3) is 0 Å². The zero-order valence-electron chi connectivity index (χ0n) is 17.1. The Morgan fingerprint density at radius 3 is 2.66 bits per heavy atom. The number of nitrogens with zero attached hydrogens (tertiary/aromatic N) is 4. The fraction of sp³-hybridized carbons (Fsp3) is 0.417. The van der Waals surface area contributed by atoms with Gasteiger partial charge in [-0.25, -0.2) is 9.97 Å². The van der Waals surface area contributed by atoms with E-state index in [1.54, 1.807) is 4.88 Å². The van der Waals surface area contributed by atoms with E-state index in [0.717, 1.165) is 45.0 Å². The van der Waals surface area contributed by atoms with Crippen LogP contribution < -0.4 is 4.90 Å². The number of rotatable bonds is 5. The number of benzene rings is 1. The van der Waals surface area contributed by atoms with Gasteiger partial charge >= 0.3 is 0 Å². The van der Waals surface area contributed by atoms with Crippen molar-refractivity contribution in [1.82, 2.24) is 14.9 Å². The Balaban J connectivity index is 1.30. The van der Waals surface area contributed by atoms with Crippen LogP contribution in [0.2, 0.25) is 0 Å². The summed E-state index contributed by atoms with van der Waals surface area (Å²) in [4.78, 5) is 17.7.